The summed E-state index contributed by atoms with van der Waals surface area (Å²) in [5, 5.41) is 3.19. The lowest BCUT2D eigenvalue weighted by Gasteiger charge is -2.16. The van der Waals surface area contributed by atoms with Crippen LogP contribution in [0.1, 0.15) is 23.2 Å². The molecule has 0 spiro atoms. The summed E-state index contributed by atoms with van der Waals surface area (Å²) < 4.78 is 4.67. The van der Waals surface area contributed by atoms with E-state index in [1.807, 2.05) is 0 Å². The number of anilines is 2. The number of aromatic nitrogens is 1. The zero-order valence-corrected chi connectivity index (χ0v) is 11.3. The van der Waals surface area contributed by atoms with Crippen molar-refractivity contribution < 1.29 is 9.53 Å². The third kappa shape index (κ3) is 3.57. The Labute approximate surface area is 112 Å². The van der Waals surface area contributed by atoms with Crippen molar-refractivity contribution in [1.29, 1.82) is 0 Å². The van der Waals surface area contributed by atoms with Gasteiger partial charge in [-0.2, -0.15) is 0 Å². The quantitative estimate of drug-likeness (QED) is 0.745. The van der Waals surface area contributed by atoms with Crippen LogP contribution in [-0.4, -0.2) is 49.1 Å². The number of pyridine rings is 1. The molecule has 0 amide bonds. The number of rotatable bonds is 6. The largest absolute Gasteiger partial charge is 0.465 e. The van der Waals surface area contributed by atoms with Gasteiger partial charge in [0.1, 0.15) is 5.82 Å². The van der Waals surface area contributed by atoms with Gasteiger partial charge in [-0.15, -0.1) is 0 Å². The molecule has 1 heterocycles. The molecule has 1 aliphatic carbocycles. The Bertz CT molecular complexity index is 460. The first kappa shape index (κ1) is 13.6. The molecule has 104 valence electrons. The minimum atomic E-state index is -0.446. The Morgan fingerprint density at radius 1 is 1.63 bits per heavy atom. The molecule has 0 bridgehead atoms. The summed E-state index contributed by atoms with van der Waals surface area (Å²) in [6.07, 6.45) is 4.06. The molecule has 0 unspecified atom stereocenters. The van der Waals surface area contributed by atoms with Crippen molar-refractivity contribution in [3.63, 3.8) is 0 Å². The number of nitrogens with zero attached hydrogens (tertiary/aromatic N) is 2. The fraction of sp³-hybridized carbons (Fsp3) is 0.538. The van der Waals surface area contributed by atoms with Crippen LogP contribution in [0.5, 0.6) is 0 Å². The number of carbonyl (C=O) groups excluding carboxylic acids is 1. The highest BCUT2D eigenvalue weighted by atomic mass is 16.5. The van der Waals surface area contributed by atoms with E-state index in [1.54, 1.807) is 6.07 Å². The van der Waals surface area contributed by atoms with Crippen LogP contribution < -0.4 is 11.1 Å². The molecular formula is C13H20N4O2. The number of nitrogens with one attached hydrogen (secondary N) is 1. The summed E-state index contributed by atoms with van der Waals surface area (Å²) in [6, 6.07) is 2.37. The van der Waals surface area contributed by atoms with Crippen LogP contribution in [0.25, 0.3) is 0 Å². The fourth-order valence-corrected chi connectivity index (χ4v) is 1.91. The fourth-order valence-electron chi connectivity index (χ4n) is 1.91. The van der Waals surface area contributed by atoms with Crippen molar-refractivity contribution in [1.82, 2.24) is 9.88 Å². The average molecular weight is 264 g/mol. The second-order valence-corrected chi connectivity index (χ2v) is 4.79. The molecule has 0 radical (unpaired) electrons. The van der Waals surface area contributed by atoms with Crippen LogP contribution in [0.15, 0.2) is 12.3 Å². The third-order valence-corrected chi connectivity index (χ3v) is 3.28. The summed E-state index contributed by atoms with van der Waals surface area (Å²) in [6.45, 7) is 1.73. The van der Waals surface area contributed by atoms with Gasteiger partial charge in [0, 0.05) is 19.1 Å². The predicted molar refractivity (Wildman–Crippen MR) is 74.1 cm³/mol. The van der Waals surface area contributed by atoms with Gasteiger partial charge in [-0.25, -0.2) is 9.78 Å². The van der Waals surface area contributed by atoms with Crippen LogP contribution in [0.4, 0.5) is 11.5 Å². The molecule has 2 rings (SSSR count). The van der Waals surface area contributed by atoms with Crippen molar-refractivity contribution in [3.8, 4) is 0 Å². The number of nitrogen functional groups attached to an aromatic ring is 1. The normalized spacial score (nSPS) is 14.5. The van der Waals surface area contributed by atoms with E-state index in [1.165, 1.54) is 26.1 Å². The van der Waals surface area contributed by atoms with E-state index in [2.05, 4.69) is 27.0 Å². The first-order valence-corrected chi connectivity index (χ1v) is 6.39. The Morgan fingerprint density at radius 3 is 3.00 bits per heavy atom. The molecule has 1 fully saturated rings. The summed E-state index contributed by atoms with van der Waals surface area (Å²) in [5.41, 5.74) is 6.36. The molecule has 1 aliphatic rings. The molecule has 1 aromatic heterocycles. The van der Waals surface area contributed by atoms with E-state index in [-0.39, 0.29) is 0 Å². The van der Waals surface area contributed by atoms with Gasteiger partial charge in [-0.3, -0.25) is 0 Å². The lowest BCUT2D eigenvalue weighted by Crippen LogP contribution is -2.27. The molecule has 0 atom stereocenters. The van der Waals surface area contributed by atoms with Gasteiger partial charge in [0.05, 0.1) is 24.6 Å². The third-order valence-electron chi connectivity index (χ3n) is 3.28. The van der Waals surface area contributed by atoms with Crippen LogP contribution in [-0.2, 0) is 4.74 Å². The number of likely N-dealkylation sites (N-methyl/N-ethyl adjacent to an activating group) is 1. The van der Waals surface area contributed by atoms with E-state index in [0.29, 0.717) is 17.1 Å². The molecule has 1 saturated carbocycles. The highest BCUT2D eigenvalue weighted by Crippen LogP contribution is 2.24. The summed E-state index contributed by atoms with van der Waals surface area (Å²) in [5.74, 6) is 0.192. The second kappa shape index (κ2) is 5.88. The van der Waals surface area contributed by atoms with E-state index in [0.717, 1.165) is 19.1 Å². The molecule has 0 aliphatic heterocycles. The second-order valence-electron chi connectivity index (χ2n) is 4.79. The maximum absolute atomic E-state index is 11.5. The zero-order valence-electron chi connectivity index (χ0n) is 11.3. The number of ether oxygens (including phenoxy) is 1. The van der Waals surface area contributed by atoms with Gasteiger partial charge in [0.2, 0.25) is 0 Å². The minimum Gasteiger partial charge on any atom is -0.465 e. The van der Waals surface area contributed by atoms with Crippen molar-refractivity contribution in [2.75, 3.05) is 38.3 Å². The van der Waals surface area contributed by atoms with E-state index in [9.17, 15) is 4.79 Å². The van der Waals surface area contributed by atoms with Gasteiger partial charge in [-0.05, 0) is 26.0 Å². The molecule has 3 N–H and O–H groups in total. The summed E-state index contributed by atoms with van der Waals surface area (Å²) in [7, 11) is 3.45. The lowest BCUT2D eigenvalue weighted by atomic mass is 10.2. The predicted octanol–water partition coefficient (Wildman–Crippen LogP) is 0.956. The molecule has 19 heavy (non-hydrogen) atoms. The highest BCUT2D eigenvalue weighted by Gasteiger charge is 2.25. The number of methoxy groups -OCH3 is 1. The van der Waals surface area contributed by atoms with Crippen LogP contribution in [0, 0.1) is 0 Å². The first-order valence-electron chi connectivity index (χ1n) is 6.39. The minimum absolute atomic E-state index is 0.326. The number of hydrogen-bond acceptors (Lipinski definition) is 6. The van der Waals surface area contributed by atoms with Gasteiger partial charge >= 0.3 is 5.97 Å². The van der Waals surface area contributed by atoms with Crippen molar-refractivity contribution in [2.45, 2.75) is 18.9 Å². The molecule has 0 saturated heterocycles. The van der Waals surface area contributed by atoms with Crippen LogP contribution >= 0.6 is 0 Å². The Kier molecular flexibility index (Phi) is 4.21. The smallest absolute Gasteiger partial charge is 0.340 e. The molecule has 0 aromatic carbocycles. The topological polar surface area (TPSA) is 80.5 Å². The van der Waals surface area contributed by atoms with E-state index in [4.69, 9.17) is 5.73 Å². The van der Waals surface area contributed by atoms with Gasteiger partial charge in [-0.1, -0.05) is 0 Å². The average Bonchev–Trinajstić information content (AvgIpc) is 3.24. The SMILES string of the molecule is COC(=O)c1cc(NCCN(C)C2CC2)ncc1N. The Balaban J connectivity index is 1.90. The van der Waals surface area contributed by atoms with Crippen molar-refractivity contribution in [2.24, 2.45) is 0 Å². The molecule has 6 nitrogen and oxygen atoms in total. The number of esters is 1. The summed E-state index contributed by atoms with van der Waals surface area (Å²) in [4.78, 5) is 18.0. The summed E-state index contributed by atoms with van der Waals surface area (Å²) >= 11 is 0. The van der Waals surface area contributed by atoms with Gasteiger partial charge < -0.3 is 20.7 Å². The standard InChI is InChI=1S/C13H20N4O2/c1-17(9-3-4-9)6-5-15-12-7-10(13(18)19-2)11(14)8-16-12/h7-9H,3-6,14H2,1-2H3,(H,15,16). The number of hydrogen-bond donors (Lipinski definition) is 2. The maximum atomic E-state index is 11.5. The number of carbonyl (C=O) groups is 1. The van der Waals surface area contributed by atoms with Crippen molar-refractivity contribution in [3.05, 3.63) is 17.8 Å². The van der Waals surface area contributed by atoms with E-state index < -0.39 is 5.97 Å². The molecular weight excluding hydrogens is 244 g/mol. The molecule has 1 aromatic rings. The highest BCUT2D eigenvalue weighted by molar-refractivity contribution is 5.95. The monoisotopic (exact) mass is 264 g/mol. The Morgan fingerprint density at radius 2 is 2.37 bits per heavy atom. The number of nitrogens with two attached hydrogens (primary N) is 1. The Hall–Kier alpha value is -1.82. The maximum Gasteiger partial charge on any atom is 0.340 e. The zero-order chi connectivity index (χ0) is 13.8. The van der Waals surface area contributed by atoms with Crippen LogP contribution in [0.2, 0.25) is 0 Å². The van der Waals surface area contributed by atoms with E-state index >= 15 is 0 Å². The van der Waals surface area contributed by atoms with Gasteiger partial charge in [0.15, 0.2) is 0 Å². The molecule has 6 heteroatoms. The van der Waals surface area contributed by atoms with Crippen molar-refractivity contribution >= 4 is 17.5 Å². The first-order chi connectivity index (χ1) is 9.11. The lowest BCUT2D eigenvalue weighted by molar-refractivity contribution is 0.0602. The van der Waals surface area contributed by atoms with Gasteiger partial charge in [0.25, 0.3) is 0 Å². The van der Waals surface area contributed by atoms with Crippen LogP contribution in [0.3, 0.4) is 0 Å².